The third-order valence-electron chi connectivity index (χ3n) is 11.0. The highest BCUT2D eigenvalue weighted by Crippen LogP contribution is 2.54. The van der Waals surface area contributed by atoms with E-state index < -0.39 is 0 Å². The second-order valence-electron chi connectivity index (χ2n) is 14.1. The van der Waals surface area contributed by atoms with E-state index in [4.69, 9.17) is 0 Å². The quantitative estimate of drug-likeness (QED) is 0.172. The lowest BCUT2D eigenvalue weighted by atomic mass is 9.77. The largest absolute Gasteiger partial charge is 0.0622 e. The van der Waals surface area contributed by atoms with E-state index >= 15 is 0 Å². The summed E-state index contributed by atoms with van der Waals surface area (Å²) in [7, 11) is 0. The summed E-state index contributed by atoms with van der Waals surface area (Å²) in [6.07, 6.45) is 0. The van der Waals surface area contributed by atoms with Crippen molar-refractivity contribution in [3.63, 3.8) is 0 Å². The zero-order valence-corrected chi connectivity index (χ0v) is 27.7. The summed E-state index contributed by atoms with van der Waals surface area (Å²) in [5.41, 5.74) is 13.1. The highest BCUT2D eigenvalue weighted by Gasteiger charge is 2.38. The molecule has 0 heteroatoms. The maximum absolute atomic E-state index is 2.48. The van der Waals surface area contributed by atoms with Crippen molar-refractivity contribution >= 4 is 43.1 Å². The second-order valence-corrected chi connectivity index (χ2v) is 14.1. The van der Waals surface area contributed by atoms with Crippen molar-refractivity contribution in [2.24, 2.45) is 0 Å². The fourth-order valence-electron chi connectivity index (χ4n) is 8.81. The van der Waals surface area contributed by atoms with E-state index in [-0.39, 0.29) is 5.41 Å². The second kappa shape index (κ2) is 10.5. The smallest absolute Gasteiger partial charge is 0.0165 e. The Balaban J connectivity index is 1.29. The van der Waals surface area contributed by atoms with Gasteiger partial charge in [-0.15, -0.1) is 0 Å². The topological polar surface area (TPSA) is 0 Å². The van der Waals surface area contributed by atoms with Crippen molar-refractivity contribution in [2.75, 3.05) is 0 Å². The number of fused-ring (bicyclic) bond motifs is 7. The van der Waals surface area contributed by atoms with E-state index in [2.05, 4.69) is 184 Å². The molecule has 0 N–H and O–H groups in total. The van der Waals surface area contributed by atoms with Crippen LogP contribution in [0.3, 0.4) is 0 Å². The van der Waals surface area contributed by atoms with Gasteiger partial charge in [0.2, 0.25) is 0 Å². The third-order valence-corrected chi connectivity index (χ3v) is 11.0. The molecule has 0 saturated carbocycles. The maximum atomic E-state index is 2.48. The minimum Gasteiger partial charge on any atom is -0.0622 e. The van der Waals surface area contributed by atoms with Crippen LogP contribution in [0.25, 0.3) is 87.6 Å². The summed E-state index contributed by atoms with van der Waals surface area (Å²) in [5, 5.41) is 10.2. The Hall–Kier alpha value is -5.98. The van der Waals surface area contributed by atoms with Crippen molar-refractivity contribution in [2.45, 2.75) is 19.3 Å². The van der Waals surface area contributed by atoms with E-state index in [0.717, 1.165) is 0 Å². The first kappa shape index (κ1) is 28.1. The Kier molecular flexibility index (Phi) is 6.02. The molecule has 0 atom stereocenters. The zero-order valence-electron chi connectivity index (χ0n) is 27.7. The van der Waals surface area contributed by atoms with Gasteiger partial charge in [-0.05, 0) is 123 Å². The molecule has 0 radical (unpaired) electrons. The van der Waals surface area contributed by atoms with Gasteiger partial charge in [0.25, 0.3) is 0 Å². The average molecular weight is 623 g/mol. The van der Waals surface area contributed by atoms with Crippen molar-refractivity contribution in [1.82, 2.24) is 0 Å². The van der Waals surface area contributed by atoms with Gasteiger partial charge in [0, 0.05) is 5.41 Å². The maximum Gasteiger partial charge on any atom is 0.0165 e. The fourth-order valence-corrected chi connectivity index (χ4v) is 8.81. The van der Waals surface area contributed by atoms with Gasteiger partial charge in [0.15, 0.2) is 0 Å². The lowest BCUT2D eigenvalue weighted by Crippen LogP contribution is -2.16. The monoisotopic (exact) mass is 622 g/mol. The molecule has 0 saturated heterocycles. The average Bonchev–Trinajstić information content (AvgIpc) is 3.38. The van der Waals surface area contributed by atoms with E-state index in [9.17, 15) is 0 Å². The third kappa shape index (κ3) is 4.11. The SMILES string of the molecule is CC1(C)c2cc3ccccc3cc2-c2cccc(-c3cc(-c4c5ccccc5c(-c5ccccc5)c5ccccc45)c4ccccc4c3)c21. The summed E-state index contributed by atoms with van der Waals surface area (Å²) in [6.45, 7) is 4.81. The molecular formula is C49H34. The Morgan fingerprint density at radius 2 is 0.857 bits per heavy atom. The fraction of sp³-hybridized carbons (Fsp3) is 0.0612. The Labute approximate surface area is 286 Å². The molecule has 0 bridgehead atoms. The number of hydrogen-bond donors (Lipinski definition) is 0. The van der Waals surface area contributed by atoms with Crippen LogP contribution in [-0.2, 0) is 5.41 Å². The van der Waals surface area contributed by atoms with Crippen LogP contribution >= 0.6 is 0 Å². The van der Waals surface area contributed by atoms with E-state index in [1.807, 2.05) is 0 Å². The first-order valence-corrected chi connectivity index (χ1v) is 17.3. The minimum absolute atomic E-state index is 0.145. The van der Waals surface area contributed by atoms with Gasteiger partial charge < -0.3 is 0 Å². The van der Waals surface area contributed by atoms with Gasteiger partial charge >= 0.3 is 0 Å². The van der Waals surface area contributed by atoms with Crippen LogP contribution in [-0.4, -0.2) is 0 Å². The molecule has 0 unspecified atom stereocenters. The van der Waals surface area contributed by atoms with Gasteiger partial charge in [-0.2, -0.15) is 0 Å². The van der Waals surface area contributed by atoms with Crippen LogP contribution in [0.15, 0.2) is 170 Å². The van der Waals surface area contributed by atoms with Gasteiger partial charge in [0.1, 0.15) is 0 Å². The van der Waals surface area contributed by atoms with Crippen LogP contribution < -0.4 is 0 Å². The Morgan fingerprint density at radius 1 is 0.327 bits per heavy atom. The molecule has 230 valence electrons. The number of hydrogen-bond acceptors (Lipinski definition) is 0. The van der Waals surface area contributed by atoms with E-state index in [1.165, 1.54) is 98.7 Å². The molecule has 9 aromatic rings. The molecule has 9 aromatic carbocycles. The molecule has 0 fully saturated rings. The molecule has 0 aliphatic heterocycles. The molecule has 49 heavy (non-hydrogen) atoms. The normalized spacial score (nSPS) is 13.3. The summed E-state index contributed by atoms with van der Waals surface area (Å²) in [6, 6.07) is 63.1. The van der Waals surface area contributed by atoms with Gasteiger partial charge in [0.05, 0.1) is 0 Å². The van der Waals surface area contributed by atoms with Crippen LogP contribution in [0.1, 0.15) is 25.0 Å². The lowest BCUT2D eigenvalue weighted by molar-refractivity contribution is 0.663. The molecule has 1 aliphatic rings. The zero-order chi connectivity index (χ0) is 32.7. The molecule has 0 amide bonds. The van der Waals surface area contributed by atoms with E-state index in [0.29, 0.717) is 0 Å². The predicted molar refractivity (Wildman–Crippen MR) is 210 cm³/mol. The Morgan fingerprint density at radius 3 is 1.53 bits per heavy atom. The highest BCUT2D eigenvalue weighted by atomic mass is 14.4. The molecule has 1 aliphatic carbocycles. The molecule has 0 nitrogen and oxygen atoms in total. The molecule has 10 rings (SSSR count). The van der Waals surface area contributed by atoms with Crippen molar-refractivity contribution in [1.29, 1.82) is 0 Å². The van der Waals surface area contributed by atoms with E-state index in [1.54, 1.807) is 0 Å². The summed E-state index contributed by atoms with van der Waals surface area (Å²) >= 11 is 0. The lowest BCUT2D eigenvalue weighted by Gasteiger charge is -2.25. The van der Waals surface area contributed by atoms with Crippen molar-refractivity contribution in [3.8, 4) is 44.5 Å². The van der Waals surface area contributed by atoms with Crippen LogP contribution in [0, 0.1) is 0 Å². The standard InChI is InChI=1S/C49H34/c1-49(2)45-30-33-18-7-6-17-32(33)28-43(45)42-26-14-25-37(48(42)49)35-27-34-19-8-9-20-36(34)44(29-35)47-40-23-12-10-21-38(40)46(31-15-4-3-5-16-31)39-22-11-13-24-41(39)47/h3-30H,1-2H3. The molecule has 0 spiro atoms. The number of rotatable bonds is 3. The summed E-state index contributed by atoms with van der Waals surface area (Å²) in [5.74, 6) is 0. The Bertz CT molecular complexity index is 2720. The van der Waals surface area contributed by atoms with Crippen LogP contribution in [0.2, 0.25) is 0 Å². The van der Waals surface area contributed by atoms with Crippen molar-refractivity contribution < 1.29 is 0 Å². The molecule has 0 aromatic heterocycles. The molecule has 0 heterocycles. The van der Waals surface area contributed by atoms with Crippen LogP contribution in [0.5, 0.6) is 0 Å². The number of benzene rings is 9. The summed E-state index contributed by atoms with van der Waals surface area (Å²) < 4.78 is 0. The summed E-state index contributed by atoms with van der Waals surface area (Å²) in [4.78, 5) is 0. The van der Waals surface area contributed by atoms with Gasteiger partial charge in [-0.25, -0.2) is 0 Å². The van der Waals surface area contributed by atoms with Gasteiger partial charge in [-0.3, -0.25) is 0 Å². The minimum atomic E-state index is -0.145. The predicted octanol–water partition coefficient (Wildman–Crippen LogP) is 13.6. The molecular weight excluding hydrogens is 589 g/mol. The highest BCUT2D eigenvalue weighted by molar-refractivity contribution is 6.24. The first-order chi connectivity index (χ1) is 24.1. The first-order valence-electron chi connectivity index (χ1n) is 17.3. The van der Waals surface area contributed by atoms with Crippen LogP contribution in [0.4, 0.5) is 0 Å². The van der Waals surface area contributed by atoms with Crippen molar-refractivity contribution in [3.05, 3.63) is 181 Å². The van der Waals surface area contributed by atoms with Gasteiger partial charge in [-0.1, -0.05) is 159 Å².